The first-order valence-electron chi connectivity index (χ1n) is 16.5. The van der Waals surface area contributed by atoms with Crippen molar-refractivity contribution in [1.82, 2.24) is 19.8 Å². The molecule has 4 heterocycles. The van der Waals surface area contributed by atoms with E-state index in [0.717, 1.165) is 70.9 Å². The lowest BCUT2D eigenvalue weighted by Crippen LogP contribution is -2.56. The molecule has 1 amide bonds. The molecule has 0 bridgehead atoms. The molecule has 10 nitrogen and oxygen atoms in total. The van der Waals surface area contributed by atoms with E-state index < -0.39 is 0 Å². The molecule has 0 saturated carbocycles. The number of benzene rings is 2. The molecule has 2 fully saturated rings. The van der Waals surface area contributed by atoms with Crippen LogP contribution in [0.1, 0.15) is 44.4 Å². The smallest absolute Gasteiger partial charge is 0.318 e. The number of aromatic nitrogens is 2. The number of nitrogens with zero attached hydrogens (tertiary/aromatic N) is 8. The summed E-state index contributed by atoms with van der Waals surface area (Å²) >= 11 is 6.72. The van der Waals surface area contributed by atoms with E-state index in [1.54, 1.807) is 11.0 Å². The third-order valence-electron chi connectivity index (χ3n) is 9.49. The Morgan fingerprint density at radius 2 is 1.89 bits per heavy atom. The van der Waals surface area contributed by atoms with Crippen LogP contribution < -0.4 is 14.5 Å². The minimum Gasteiger partial charge on any atom is -0.462 e. The Balaban J connectivity index is 1.32. The van der Waals surface area contributed by atoms with E-state index in [9.17, 15) is 15.3 Å². The van der Waals surface area contributed by atoms with Crippen molar-refractivity contribution in [2.24, 2.45) is 5.92 Å². The van der Waals surface area contributed by atoms with Gasteiger partial charge in [-0.1, -0.05) is 55.8 Å². The van der Waals surface area contributed by atoms with Gasteiger partial charge in [0.1, 0.15) is 24.1 Å². The van der Waals surface area contributed by atoms with E-state index in [4.69, 9.17) is 26.3 Å². The zero-order valence-corrected chi connectivity index (χ0v) is 28.1. The molecule has 0 aliphatic carbocycles. The Labute approximate surface area is 281 Å². The summed E-state index contributed by atoms with van der Waals surface area (Å²) in [6, 6.07) is 16.8. The van der Waals surface area contributed by atoms with Gasteiger partial charge in [-0.15, -0.1) is 0 Å². The summed E-state index contributed by atoms with van der Waals surface area (Å²) in [6.45, 7) is 8.09. The molecule has 3 aliphatic heterocycles. The summed E-state index contributed by atoms with van der Waals surface area (Å²) in [4.78, 5) is 31.9. The Hall–Kier alpha value is -4.38. The molecular formula is C36H41ClN8O2. The summed E-state index contributed by atoms with van der Waals surface area (Å²) in [5.41, 5.74) is 3.16. The summed E-state index contributed by atoms with van der Waals surface area (Å²) in [6.07, 6.45) is 4.79. The number of carbonyl (C=O) groups excluding carboxylic acids is 1. The number of amides is 1. The Kier molecular flexibility index (Phi) is 9.81. The first-order chi connectivity index (χ1) is 22.8. The van der Waals surface area contributed by atoms with Gasteiger partial charge in [0.2, 0.25) is 0 Å². The van der Waals surface area contributed by atoms with Crippen LogP contribution in [0.5, 0.6) is 6.01 Å². The van der Waals surface area contributed by atoms with Crippen LogP contribution in [0.2, 0.25) is 5.02 Å². The Bertz CT molecular complexity index is 1760. The molecule has 3 aromatic rings. The summed E-state index contributed by atoms with van der Waals surface area (Å²) in [7, 11) is 2.12. The van der Waals surface area contributed by atoms with Crippen molar-refractivity contribution in [2.75, 3.05) is 56.2 Å². The van der Waals surface area contributed by atoms with Gasteiger partial charge in [0.15, 0.2) is 0 Å². The second-order valence-corrected chi connectivity index (χ2v) is 13.4. The predicted octanol–water partition coefficient (Wildman–Crippen LogP) is 5.36. The van der Waals surface area contributed by atoms with Crippen LogP contribution in [0.25, 0.3) is 10.8 Å². The molecule has 1 aromatic heterocycles. The Morgan fingerprint density at radius 3 is 2.62 bits per heavy atom. The van der Waals surface area contributed by atoms with Gasteiger partial charge in [-0.2, -0.15) is 20.5 Å². The number of piperazine rings is 1. The van der Waals surface area contributed by atoms with Crippen molar-refractivity contribution in [2.45, 2.75) is 58.2 Å². The highest BCUT2D eigenvalue weighted by atomic mass is 35.5. The third kappa shape index (κ3) is 6.86. The predicted molar refractivity (Wildman–Crippen MR) is 183 cm³/mol. The van der Waals surface area contributed by atoms with E-state index in [2.05, 4.69) is 58.2 Å². The van der Waals surface area contributed by atoms with Crippen LogP contribution in [0.15, 0.2) is 48.0 Å². The number of ether oxygens (including phenoxy) is 1. The maximum absolute atomic E-state index is 13.4. The third-order valence-corrected chi connectivity index (χ3v) is 9.81. The molecule has 2 atom stereocenters. The lowest BCUT2D eigenvalue weighted by atomic mass is 10.0. The monoisotopic (exact) mass is 652 g/mol. The van der Waals surface area contributed by atoms with E-state index >= 15 is 0 Å². The highest BCUT2D eigenvalue weighted by Gasteiger charge is 2.35. The summed E-state index contributed by atoms with van der Waals surface area (Å²) < 4.78 is 6.31. The molecule has 2 saturated heterocycles. The maximum Gasteiger partial charge on any atom is 0.318 e. The highest BCUT2D eigenvalue weighted by Crippen LogP contribution is 2.37. The quantitative estimate of drug-likeness (QED) is 0.235. The molecule has 244 valence electrons. The van der Waals surface area contributed by atoms with Gasteiger partial charge in [-0.3, -0.25) is 4.79 Å². The summed E-state index contributed by atoms with van der Waals surface area (Å²) in [5, 5.41) is 22.3. The van der Waals surface area contributed by atoms with E-state index in [1.807, 2.05) is 26.0 Å². The molecule has 2 aromatic carbocycles. The SMILES string of the molecule is CC(C)/C=C(\C#N)C(=O)N1CCN(c2nc(OC[C@@H]3CCCN3C)nc3c2CCN(c2cccc4cccc(Cl)c24)C3)C[C@@H]1CC#N. The van der Waals surface area contributed by atoms with Crippen LogP contribution >= 0.6 is 11.6 Å². The largest absolute Gasteiger partial charge is 0.462 e. The fraction of sp³-hybridized carbons (Fsp3) is 0.472. The molecule has 3 aliphatic rings. The average molecular weight is 653 g/mol. The van der Waals surface area contributed by atoms with Crippen LogP contribution in [0.4, 0.5) is 11.5 Å². The van der Waals surface area contributed by atoms with Gasteiger partial charge in [-0.05, 0) is 56.3 Å². The van der Waals surface area contributed by atoms with Gasteiger partial charge in [0.25, 0.3) is 5.91 Å². The average Bonchev–Trinajstić information content (AvgIpc) is 3.49. The molecule has 0 N–H and O–H groups in total. The number of hydrogen-bond donors (Lipinski definition) is 0. The number of nitriles is 2. The number of hydrogen-bond acceptors (Lipinski definition) is 9. The van der Waals surface area contributed by atoms with Crippen molar-refractivity contribution in [3.8, 4) is 18.1 Å². The minimum atomic E-state index is -0.384. The summed E-state index contributed by atoms with van der Waals surface area (Å²) in [5.74, 6) is 0.539. The minimum absolute atomic E-state index is 0.0590. The molecular weight excluding hydrogens is 612 g/mol. The van der Waals surface area contributed by atoms with Gasteiger partial charge >= 0.3 is 6.01 Å². The number of likely N-dealkylation sites (tertiary alicyclic amines) is 1. The van der Waals surface area contributed by atoms with Crippen molar-refractivity contribution in [3.63, 3.8) is 0 Å². The fourth-order valence-corrected chi connectivity index (χ4v) is 7.34. The van der Waals surface area contributed by atoms with Crippen LogP contribution in [0, 0.1) is 28.6 Å². The van der Waals surface area contributed by atoms with E-state index in [-0.39, 0.29) is 29.9 Å². The van der Waals surface area contributed by atoms with Gasteiger partial charge in [-0.25, -0.2) is 0 Å². The zero-order valence-electron chi connectivity index (χ0n) is 27.3. The second-order valence-electron chi connectivity index (χ2n) is 13.0. The maximum atomic E-state index is 13.4. The topological polar surface area (TPSA) is 113 Å². The fourth-order valence-electron chi connectivity index (χ4n) is 7.06. The number of allylic oxidation sites excluding steroid dienone is 1. The van der Waals surface area contributed by atoms with E-state index in [0.29, 0.717) is 44.8 Å². The first kappa shape index (κ1) is 32.6. The standard InChI is InChI=1S/C36H41ClN8O2/c1-24(2)19-26(20-39)35(46)45-18-17-44(21-27(45)12-14-38)34-29-13-16-43(32-11-5-8-25-7-4-10-30(37)33(25)32)22-31(29)40-36(41-34)47-23-28-9-6-15-42(28)3/h4-5,7-8,10-11,19,24,27-28H,6,9,12-13,15-18,21-23H2,1-3H3/b26-19+/t27-,28-/m0/s1. The van der Waals surface area contributed by atoms with Crippen LogP contribution in [0.3, 0.4) is 0 Å². The lowest BCUT2D eigenvalue weighted by Gasteiger charge is -2.42. The van der Waals surface area contributed by atoms with Crippen molar-refractivity contribution >= 4 is 39.8 Å². The normalized spacial score (nSPS) is 20.3. The number of anilines is 2. The van der Waals surface area contributed by atoms with Crippen molar-refractivity contribution in [1.29, 1.82) is 10.5 Å². The van der Waals surface area contributed by atoms with Gasteiger partial charge < -0.3 is 24.3 Å². The first-order valence-corrected chi connectivity index (χ1v) is 16.8. The number of carbonyl (C=O) groups is 1. The van der Waals surface area contributed by atoms with Crippen LogP contribution in [-0.4, -0.2) is 84.1 Å². The molecule has 0 radical (unpaired) electrons. The molecule has 0 spiro atoms. The van der Waals surface area contributed by atoms with Gasteiger partial charge in [0.05, 0.1) is 35.8 Å². The number of likely N-dealkylation sites (N-methyl/N-ethyl adjacent to an activating group) is 1. The molecule has 11 heteroatoms. The molecule has 0 unspecified atom stereocenters. The molecule has 47 heavy (non-hydrogen) atoms. The van der Waals surface area contributed by atoms with Crippen molar-refractivity contribution in [3.05, 3.63) is 64.3 Å². The number of rotatable bonds is 8. The highest BCUT2D eigenvalue weighted by molar-refractivity contribution is 6.36. The second kappa shape index (κ2) is 14.2. The van der Waals surface area contributed by atoms with Crippen molar-refractivity contribution < 1.29 is 9.53 Å². The Morgan fingerprint density at radius 1 is 1.09 bits per heavy atom. The van der Waals surface area contributed by atoms with Gasteiger partial charge in [0, 0.05) is 48.9 Å². The lowest BCUT2D eigenvalue weighted by molar-refractivity contribution is -0.129. The van der Waals surface area contributed by atoms with Crippen LogP contribution in [-0.2, 0) is 17.8 Å². The number of fused-ring (bicyclic) bond motifs is 2. The molecule has 6 rings (SSSR count). The number of halogens is 1. The zero-order chi connectivity index (χ0) is 33.1. The van der Waals surface area contributed by atoms with E-state index in [1.165, 1.54) is 0 Å².